The number of rotatable bonds is 5. The summed E-state index contributed by atoms with van der Waals surface area (Å²) in [5.74, 6) is 0.865. The number of aromatic nitrogens is 2. The van der Waals surface area contributed by atoms with Crippen LogP contribution in [0, 0.1) is 13.8 Å². The van der Waals surface area contributed by atoms with Gasteiger partial charge in [0.25, 0.3) is 0 Å². The zero-order valence-electron chi connectivity index (χ0n) is 12.7. The first-order valence-corrected chi connectivity index (χ1v) is 7.11. The summed E-state index contributed by atoms with van der Waals surface area (Å²) in [5.41, 5.74) is 3.13. The Kier molecular flexibility index (Phi) is 4.21. The van der Waals surface area contributed by atoms with Crippen molar-refractivity contribution in [1.82, 2.24) is 15.3 Å². The summed E-state index contributed by atoms with van der Waals surface area (Å²) in [7, 11) is 1.77. The van der Waals surface area contributed by atoms with Gasteiger partial charge in [-0.25, -0.2) is 9.97 Å². The molecule has 1 heterocycles. The largest absolute Gasteiger partial charge is 0.370 e. The molecule has 0 atom stereocenters. The molecule has 106 valence electrons. The zero-order valence-corrected chi connectivity index (χ0v) is 12.7. The topological polar surface area (TPSA) is 47.0 Å². The standard InChI is InChI=1S/C15H25N3O/c1-10(2)16-9-13-11(3)17-14(18-12(13)4)15(19-5)7-6-8-15/h10,16H,6-9H2,1-5H3. The maximum atomic E-state index is 5.67. The molecule has 0 amide bonds. The number of ether oxygens (including phenoxy) is 1. The van der Waals surface area contributed by atoms with Gasteiger partial charge in [-0.3, -0.25) is 0 Å². The molecule has 1 saturated carbocycles. The second-order valence-electron chi connectivity index (χ2n) is 5.78. The van der Waals surface area contributed by atoms with Gasteiger partial charge < -0.3 is 10.1 Å². The van der Waals surface area contributed by atoms with Crippen LogP contribution in [0.4, 0.5) is 0 Å². The Balaban J connectivity index is 2.26. The predicted octanol–water partition coefficient (Wildman–Crippen LogP) is 2.62. The number of methoxy groups -OCH3 is 1. The Bertz CT molecular complexity index is 424. The molecule has 0 spiro atoms. The number of hydrogen-bond acceptors (Lipinski definition) is 4. The number of hydrogen-bond donors (Lipinski definition) is 1. The van der Waals surface area contributed by atoms with Gasteiger partial charge in [-0.1, -0.05) is 13.8 Å². The van der Waals surface area contributed by atoms with Crippen LogP contribution in [-0.2, 0) is 16.9 Å². The van der Waals surface area contributed by atoms with Crippen molar-refractivity contribution >= 4 is 0 Å². The Morgan fingerprint density at radius 1 is 1.21 bits per heavy atom. The van der Waals surface area contributed by atoms with Crippen LogP contribution in [0.3, 0.4) is 0 Å². The average Bonchev–Trinajstić information content (AvgIpc) is 2.26. The summed E-state index contributed by atoms with van der Waals surface area (Å²) in [6, 6.07) is 0.468. The molecule has 0 radical (unpaired) electrons. The van der Waals surface area contributed by atoms with Crippen LogP contribution < -0.4 is 5.32 Å². The second-order valence-corrected chi connectivity index (χ2v) is 5.78. The molecule has 1 aliphatic carbocycles. The minimum Gasteiger partial charge on any atom is -0.370 e. The third-order valence-electron chi connectivity index (χ3n) is 4.07. The molecule has 1 aromatic rings. The van der Waals surface area contributed by atoms with Crippen molar-refractivity contribution in [2.24, 2.45) is 0 Å². The van der Waals surface area contributed by atoms with E-state index in [1.807, 2.05) is 0 Å². The fraction of sp³-hybridized carbons (Fsp3) is 0.733. The third-order valence-corrected chi connectivity index (χ3v) is 4.07. The van der Waals surface area contributed by atoms with E-state index in [2.05, 4.69) is 33.0 Å². The molecular weight excluding hydrogens is 238 g/mol. The lowest BCUT2D eigenvalue weighted by atomic mass is 9.79. The van der Waals surface area contributed by atoms with Crippen molar-refractivity contribution in [1.29, 1.82) is 0 Å². The zero-order chi connectivity index (χ0) is 14.0. The average molecular weight is 263 g/mol. The Hall–Kier alpha value is -1.00. The van der Waals surface area contributed by atoms with Crippen LogP contribution in [0.25, 0.3) is 0 Å². The Morgan fingerprint density at radius 3 is 2.16 bits per heavy atom. The molecule has 4 nitrogen and oxygen atoms in total. The van der Waals surface area contributed by atoms with Crippen LogP contribution in [0.2, 0.25) is 0 Å². The van der Waals surface area contributed by atoms with Gasteiger partial charge in [0.05, 0.1) is 0 Å². The fourth-order valence-corrected chi connectivity index (χ4v) is 2.52. The Morgan fingerprint density at radius 2 is 1.79 bits per heavy atom. The normalized spacial score (nSPS) is 17.6. The lowest BCUT2D eigenvalue weighted by molar-refractivity contribution is -0.0849. The van der Waals surface area contributed by atoms with E-state index in [0.717, 1.165) is 36.6 Å². The molecule has 1 aromatic heterocycles. The van der Waals surface area contributed by atoms with Crippen LogP contribution in [-0.4, -0.2) is 23.1 Å². The van der Waals surface area contributed by atoms with E-state index in [4.69, 9.17) is 14.7 Å². The monoisotopic (exact) mass is 263 g/mol. The van der Waals surface area contributed by atoms with E-state index in [-0.39, 0.29) is 5.60 Å². The van der Waals surface area contributed by atoms with Crippen LogP contribution >= 0.6 is 0 Å². The van der Waals surface area contributed by atoms with Gasteiger partial charge in [0.2, 0.25) is 0 Å². The summed E-state index contributed by atoms with van der Waals surface area (Å²) < 4.78 is 5.67. The van der Waals surface area contributed by atoms with E-state index in [0.29, 0.717) is 6.04 Å². The molecule has 2 rings (SSSR count). The molecule has 1 fully saturated rings. The van der Waals surface area contributed by atoms with Crippen LogP contribution in [0.1, 0.15) is 55.9 Å². The van der Waals surface area contributed by atoms with Crippen molar-refractivity contribution in [3.05, 3.63) is 22.8 Å². The van der Waals surface area contributed by atoms with E-state index >= 15 is 0 Å². The fourth-order valence-electron chi connectivity index (χ4n) is 2.52. The van der Waals surface area contributed by atoms with Gasteiger partial charge in [0.15, 0.2) is 5.82 Å². The summed E-state index contributed by atoms with van der Waals surface area (Å²) in [6.45, 7) is 9.26. The molecule has 0 aromatic carbocycles. The minimum atomic E-state index is -0.223. The van der Waals surface area contributed by atoms with Crippen LogP contribution in [0.15, 0.2) is 0 Å². The highest BCUT2D eigenvalue weighted by atomic mass is 16.5. The molecule has 1 N–H and O–H groups in total. The smallest absolute Gasteiger partial charge is 0.160 e. The number of nitrogens with zero attached hydrogens (tertiary/aromatic N) is 2. The maximum Gasteiger partial charge on any atom is 0.160 e. The summed E-state index contributed by atoms with van der Waals surface area (Å²) in [6.07, 6.45) is 3.27. The van der Waals surface area contributed by atoms with Gasteiger partial charge in [-0.15, -0.1) is 0 Å². The lowest BCUT2D eigenvalue weighted by Crippen LogP contribution is -2.38. The van der Waals surface area contributed by atoms with Crippen molar-refractivity contribution < 1.29 is 4.74 Å². The quantitative estimate of drug-likeness (QED) is 0.887. The SMILES string of the molecule is COC1(c2nc(C)c(CNC(C)C)c(C)n2)CCC1. The highest BCUT2D eigenvalue weighted by Gasteiger charge is 2.42. The van der Waals surface area contributed by atoms with Crippen molar-refractivity contribution in [3.8, 4) is 0 Å². The number of aryl methyl sites for hydroxylation is 2. The first kappa shape index (κ1) is 14.4. The second kappa shape index (κ2) is 5.55. The van der Waals surface area contributed by atoms with Gasteiger partial charge >= 0.3 is 0 Å². The van der Waals surface area contributed by atoms with Crippen LogP contribution in [0.5, 0.6) is 0 Å². The van der Waals surface area contributed by atoms with Gasteiger partial charge in [-0.05, 0) is 33.1 Å². The predicted molar refractivity (Wildman–Crippen MR) is 76.0 cm³/mol. The molecule has 0 aliphatic heterocycles. The summed E-state index contributed by atoms with van der Waals surface area (Å²) in [5, 5.41) is 3.43. The summed E-state index contributed by atoms with van der Waals surface area (Å²) in [4.78, 5) is 9.40. The molecule has 0 unspecified atom stereocenters. The van der Waals surface area contributed by atoms with E-state index in [1.165, 1.54) is 12.0 Å². The maximum absolute atomic E-state index is 5.67. The third kappa shape index (κ3) is 2.79. The highest BCUT2D eigenvalue weighted by Crippen LogP contribution is 2.42. The molecule has 0 bridgehead atoms. The molecule has 1 aliphatic rings. The van der Waals surface area contributed by atoms with Gasteiger partial charge in [0.1, 0.15) is 5.60 Å². The van der Waals surface area contributed by atoms with Gasteiger partial charge in [0, 0.05) is 36.6 Å². The minimum absolute atomic E-state index is 0.223. The highest BCUT2D eigenvalue weighted by molar-refractivity contribution is 5.26. The Labute approximate surface area is 116 Å². The van der Waals surface area contributed by atoms with E-state index < -0.39 is 0 Å². The van der Waals surface area contributed by atoms with Crippen molar-refractivity contribution in [3.63, 3.8) is 0 Å². The molecule has 19 heavy (non-hydrogen) atoms. The molecule has 4 heteroatoms. The first-order valence-electron chi connectivity index (χ1n) is 7.11. The molecular formula is C15H25N3O. The molecule has 0 saturated heterocycles. The van der Waals surface area contributed by atoms with E-state index in [9.17, 15) is 0 Å². The van der Waals surface area contributed by atoms with Crippen molar-refractivity contribution in [2.45, 2.75) is 65.1 Å². The lowest BCUT2D eigenvalue weighted by Gasteiger charge is -2.39. The van der Waals surface area contributed by atoms with E-state index in [1.54, 1.807) is 7.11 Å². The van der Waals surface area contributed by atoms with Gasteiger partial charge in [-0.2, -0.15) is 0 Å². The summed E-state index contributed by atoms with van der Waals surface area (Å²) >= 11 is 0. The van der Waals surface area contributed by atoms with Crippen molar-refractivity contribution in [2.75, 3.05) is 7.11 Å². The number of nitrogens with one attached hydrogen (secondary N) is 1. The first-order chi connectivity index (χ1) is 8.98.